The number of rotatable bonds is 3. The summed E-state index contributed by atoms with van der Waals surface area (Å²) in [6, 6.07) is 5.13. The predicted octanol–water partition coefficient (Wildman–Crippen LogP) is 0.749. The number of hydrogen-bond acceptors (Lipinski definition) is 6. The number of aromatic carboxylic acids is 1. The van der Waals surface area contributed by atoms with Crippen molar-refractivity contribution < 1.29 is 19.9 Å². The van der Waals surface area contributed by atoms with Crippen LogP contribution in [0.25, 0.3) is 11.4 Å². The van der Waals surface area contributed by atoms with Crippen LogP contribution in [0, 0.1) is 10.1 Å². The van der Waals surface area contributed by atoms with Crippen LogP contribution in [0.2, 0.25) is 0 Å². The molecule has 1 aromatic carbocycles. The molecule has 20 heavy (non-hydrogen) atoms. The molecular weight excluding hydrogens is 270 g/mol. The van der Waals surface area contributed by atoms with Crippen LogP contribution in [-0.4, -0.2) is 31.1 Å². The molecule has 1 heterocycles. The van der Waals surface area contributed by atoms with Gasteiger partial charge in [0.15, 0.2) is 5.69 Å². The summed E-state index contributed by atoms with van der Waals surface area (Å²) in [6.07, 6.45) is 0. The SMILES string of the molecule is O=C(O)c1nc(-c2cccc([N+](=O)[O-])c2)[nH]c(=O)c1O. The van der Waals surface area contributed by atoms with E-state index < -0.39 is 27.9 Å². The number of carboxylic acids is 1. The molecular formula is C11H7N3O6. The van der Waals surface area contributed by atoms with E-state index in [2.05, 4.69) is 9.97 Å². The third-order valence-corrected chi connectivity index (χ3v) is 2.43. The van der Waals surface area contributed by atoms with Gasteiger partial charge in [-0.1, -0.05) is 12.1 Å². The van der Waals surface area contributed by atoms with Gasteiger partial charge in [0.1, 0.15) is 5.82 Å². The van der Waals surface area contributed by atoms with E-state index >= 15 is 0 Å². The zero-order valence-electron chi connectivity index (χ0n) is 9.73. The van der Waals surface area contributed by atoms with Crippen molar-refractivity contribution in [3.8, 4) is 17.1 Å². The molecule has 102 valence electrons. The highest BCUT2D eigenvalue weighted by Gasteiger charge is 2.18. The number of aromatic nitrogens is 2. The normalized spacial score (nSPS) is 10.2. The zero-order chi connectivity index (χ0) is 14.9. The highest BCUT2D eigenvalue weighted by Crippen LogP contribution is 2.21. The van der Waals surface area contributed by atoms with Crippen molar-refractivity contribution in [2.75, 3.05) is 0 Å². The van der Waals surface area contributed by atoms with Gasteiger partial charge in [-0.2, -0.15) is 0 Å². The number of carbonyl (C=O) groups is 1. The summed E-state index contributed by atoms with van der Waals surface area (Å²) >= 11 is 0. The summed E-state index contributed by atoms with van der Waals surface area (Å²) < 4.78 is 0. The number of hydrogen-bond donors (Lipinski definition) is 3. The van der Waals surface area contributed by atoms with Gasteiger partial charge >= 0.3 is 5.97 Å². The maximum atomic E-state index is 11.4. The van der Waals surface area contributed by atoms with Crippen molar-refractivity contribution in [2.24, 2.45) is 0 Å². The van der Waals surface area contributed by atoms with E-state index in [4.69, 9.17) is 5.11 Å². The summed E-state index contributed by atoms with van der Waals surface area (Å²) in [4.78, 5) is 38.0. The van der Waals surface area contributed by atoms with Gasteiger partial charge < -0.3 is 15.2 Å². The lowest BCUT2D eigenvalue weighted by atomic mass is 10.2. The van der Waals surface area contributed by atoms with Gasteiger partial charge in [-0.3, -0.25) is 14.9 Å². The zero-order valence-corrected chi connectivity index (χ0v) is 9.73. The summed E-state index contributed by atoms with van der Waals surface area (Å²) in [6.45, 7) is 0. The molecule has 0 aliphatic rings. The lowest BCUT2D eigenvalue weighted by Gasteiger charge is -2.03. The van der Waals surface area contributed by atoms with Crippen LogP contribution < -0.4 is 5.56 Å². The van der Waals surface area contributed by atoms with Gasteiger partial charge in [-0.05, 0) is 0 Å². The Balaban J connectivity index is 2.64. The van der Waals surface area contributed by atoms with E-state index in [1.807, 2.05) is 0 Å². The Morgan fingerprint density at radius 3 is 2.70 bits per heavy atom. The summed E-state index contributed by atoms with van der Waals surface area (Å²) in [5.74, 6) is -2.79. The number of nitro groups is 1. The minimum absolute atomic E-state index is 0.152. The molecule has 0 bridgehead atoms. The molecule has 0 spiro atoms. The van der Waals surface area contributed by atoms with Gasteiger partial charge in [0, 0.05) is 17.7 Å². The fourth-order valence-electron chi connectivity index (χ4n) is 1.52. The molecule has 0 saturated heterocycles. The Bertz CT molecular complexity index is 767. The molecule has 0 saturated carbocycles. The fourth-order valence-corrected chi connectivity index (χ4v) is 1.52. The molecule has 0 unspecified atom stereocenters. The second-order valence-corrected chi connectivity index (χ2v) is 3.72. The predicted molar refractivity (Wildman–Crippen MR) is 65.6 cm³/mol. The van der Waals surface area contributed by atoms with Crippen LogP contribution in [0.4, 0.5) is 5.69 Å². The molecule has 2 rings (SSSR count). The lowest BCUT2D eigenvalue weighted by molar-refractivity contribution is -0.384. The van der Waals surface area contributed by atoms with Gasteiger partial charge in [0.25, 0.3) is 11.2 Å². The first-order valence-corrected chi connectivity index (χ1v) is 5.21. The lowest BCUT2D eigenvalue weighted by Crippen LogP contribution is -2.15. The Hall–Kier alpha value is -3.23. The highest BCUT2D eigenvalue weighted by atomic mass is 16.6. The van der Waals surface area contributed by atoms with E-state index in [0.29, 0.717) is 0 Å². The van der Waals surface area contributed by atoms with E-state index in [9.17, 15) is 24.8 Å². The highest BCUT2D eigenvalue weighted by molar-refractivity contribution is 5.88. The minimum atomic E-state index is -1.58. The van der Waals surface area contributed by atoms with Crippen LogP contribution in [-0.2, 0) is 0 Å². The van der Waals surface area contributed by atoms with E-state index in [0.717, 1.165) is 6.07 Å². The molecule has 0 amide bonds. The molecule has 3 N–H and O–H groups in total. The van der Waals surface area contributed by atoms with Crippen molar-refractivity contribution >= 4 is 11.7 Å². The molecule has 0 radical (unpaired) electrons. The number of nitro benzene ring substituents is 1. The third-order valence-electron chi connectivity index (χ3n) is 2.43. The second-order valence-electron chi connectivity index (χ2n) is 3.72. The van der Waals surface area contributed by atoms with E-state index in [-0.39, 0.29) is 17.1 Å². The molecule has 0 aliphatic carbocycles. The number of aromatic amines is 1. The number of nitrogens with one attached hydrogen (secondary N) is 1. The molecule has 0 atom stereocenters. The molecule has 0 aliphatic heterocycles. The monoisotopic (exact) mass is 277 g/mol. The van der Waals surface area contributed by atoms with Crippen LogP contribution in [0.15, 0.2) is 29.1 Å². The Morgan fingerprint density at radius 2 is 2.10 bits per heavy atom. The first kappa shape index (κ1) is 13.2. The van der Waals surface area contributed by atoms with E-state index in [1.165, 1.54) is 18.2 Å². The first-order chi connectivity index (χ1) is 9.40. The van der Waals surface area contributed by atoms with Gasteiger partial charge in [0.2, 0.25) is 5.75 Å². The number of carboxylic acid groups (broad SMARTS) is 1. The third kappa shape index (κ3) is 2.32. The van der Waals surface area contributed by atoms with Gasteiger partial charge in [-0.15, -0.1) is 0 Å². The van der Waals surface area contributed by atoms with Crippen molar-refractivity contribution in [3.63, 3.8) is 0 Å². The van der Waals surface area contributed by atoms with Crippen molar-refractivity contribution in [1.29, 1.82) is 0 Å². The van der Waals surface area contributed by atoms with Crippen LogP contribution in [0.5, 0.6) is 5.75 Å². The van der Waals surface area contributed by atoms with Crippen molar-refractivity contribution in [2.45, 2.75) is 0 Å². The Kier molecular flexibility index (Phi) is 3.17. The van der Waals surface area contributed by atoms with E-state index in [1.54, 1.807) is 0 Å². The molecule has 9 nitrogen and oxygen atoms in total. The van der Waals surface area contributed by atoms with Crippen LogP contribution in [0.3, 0.4) is 0 Å². The topological polar surface area (TPSA) is 146 Å². The first-order valence-electron chi connectivity index (χ1n) is 5.21. The smallest absolute Gasteiger partial charge is 0.358 e. The van der Waals surface area contributed by atoms with Crippen molar-refractivity contribution in [1.82, 2.24) is 9.97 Å². The second kappa shape index (κ2) is 4.80. The van der Waals surface area contributed by atoms with Crippen LogP contribution >= 0.6 is 0 Å². The molecule has 2 aromatic rings. The molecule has 0 fully saturated rings. The Labute approximate surface area is 110 Å². The number of benzene rings is 1. The molecule has 1 aromatic heterocycles. The van der Waals surface area contributed by atoms with Crippen molar-refractivity contribution in [3.05, 3.63) is 50.4 Å². The fraction of sp³-hybridized carbons (Fsp3) is 0. The maximum Gasteiger partial charge on any atom is 0.358 e. The average molecular weight is 277 g/mol. The summed E-state index contributed by atoms with van der Waals surface area (Å²) in [5.41, 5.74) is -1.96. The van der Waals surface area contributed by atoms with Gasteiger partial charge in [0.05, 0.1) is 4.92 Å². The summed E-state index contributed by atoms with van der Waals surface area (Å²) in [5, 5.41) is 28.8. The van der Waals surface area contributed by atoms with Gasteiger partial charge in [-0.25, -0.2) is 9.78 Å². The Morgan fingerprint density at radius 1 is 1.40 bits per heavy atom. The average Bonchev–Trinajstić information content (AvgIpc) is 2.41. The number of aromatic hydroxyl groups is 1. The largest absolute Gasteiger partial charge is 0.501 e. The maximum absolute atomic E-state index is 11.4. The minimum Gasteiger partial charge on any atom is -0.501 e. The number of H-pyrrole nitrogens is 1. The number of nitrogens with zero attached hydrogens (tertiary/aromatic N) is 2. The number of non-ortho nitro benzene ring substituents is 1. The standard InChI is InChI=1S/C11H7N3O6/c15-8-7(11(17)18)12-9(13-10(8)16)5-2-1-3-6(4-5)14(19)20/h1-4,15H,(H,17,18)(H,12,13,16). The quantitative estimate of drug-likeness (QED) is 0.553. The summed E-state index contributed by atoms with van der Waals surface area (Å²) in [7, 11) is 0. The molecule has 9 heteroatoms. The van der Waals surface area contributed by atoms with Crippen LogP contribution in [0.1, 0.15) is 10.5 Å².